The van der Waals surface area contributed by atoms with Gasteiger partial charge in [0, 0.05) is 49.0 Å². The van der Waals surface area contributed by atoms with E-state index in [1.165, 1.54) is 12.1 Å². The third kappa shape index (κ3) is 3.32. The summed E-state index contributed by atoms with van der Waals surface area (Å²) in [5.41, 5.74) is 0.591. The molecule has 6 heteroatoms. The van der Waals surface area contributed by atoms with Crippen molar-refractivity contribution in [3.05, 3.63) is 51.8 Å². The zero-order valence-corrected chi connectivity index (χ0v) is 12.8. The lowest BCUT2D eigenvalue weighted by Gasteiger charge is -2.17. The lowest BCUT2D eigenvalue weighted by atomic mass is 10.1. The SMILES string of the molecule is CC(NCCc1nccn1C)c1c(Cl)ccc(F)c1Cl. The Morgan fingerprint density at radius 2 is 2.15 bits per heavy atom. The molecule has 0 saturated heterocycles. The molecule has 1 aromatic carbocycles. The molecule has 0 radical (unpaired) electrons. The van der Waals surface area contributed by atoms with Crippen molar-refractivity contribution in [2.24, 2.45) is 7.05 Å². The predicted molar refractivity (Wildman–Crippen MR) is 79.7 cm³/mol. The van der Waals surface area contributed by atoms with E-state index in [2.05, 4.69) is 10.3 Å². The van der Waals surface area contributed by atoms with Gasteiger partial charge in [-0.15, -0.1) is 0 Å². The summed E-state index contributed by atoms with van der Waals surface area (Å²) < 4.78 is 15.5. The predicted octanol–water partition coefficient (Wildman–Crippen LogP) is 3.76. The summed E-state index contributed by atoms with van der Waals surface area (Å²) >= 11 is 12.1. The molecule has 108 valence electrons. The fourth-order valence-electron chi connectivity index (χ4n) is 2.08. The van der Waals surface area contributed by atoms with E-state index >= 15 is 0 Å². The van der Waals surface area contributed by atoms with Gasteiger partial charge in [0.1, 0.15) is 11.6 Å². The summed E-state index contributed by atoms with van der Waals surface area (Å²) in [6.07, 6.45) is 4.44. The monoisotopic (exact) mass is 315 g/mol. The third-order valence-corrected chi connectivity index (χ3v) is 3.95. The summed E-state index contributed by atoms with van der Waals surface area (Å²) in [5.74, 6) is 0.532. The van der Waals surface area contributed by atoms with Crippen LogP contribution in [0.5, 0.6) is 0 Å². The molecular weight excluding hydrogens is 300 g/mol. The van der Waals surface area contributed by atoms with Crippen LogP contribution in [0.2, 0.25) is 10.0 Å². The number of halogens is 3. The Morgan fingerprint density at radius 1 is 1.40 bits per heavy atom. The highest BCUT2D eigenvalue weighted by Gasteiger charge is 2.16. The molecule has 0 bridgehead atoms. The topological polar surface area (TPSA) is 29.9 Å². The fourth-order valence-corrected chi connectivity index (χ4v) is 2.78. The fraction of sp³-hybridized carbons (Fsp3) is 0.357. The standard InChI is InChI=1S/C14H16Cl2FN3/c1-9(13-10(15)3-4-11(17)14(13)16)18-6-5-12-19-7-8-20(12)2/h3-4,7-9,18H,5-6H2,1-2H3. The van der Waals surface area contributed by atoms with E-state index in [4.69, 9.17) is 23.2 Å². The molecule has 1 heterocycles. The molecule has 0 fully saturated rings. The van der Waals surface area contributed by atoms with Gasteiger partial charge in [-0.3, -0.25) is 0 Å². The van der Waals surface area contributed by atoms with Gasteiger partial charge in [-0.2, -0.15) is 0 Å². The van der Waals surface area contributed by atoms with E-state index in [0.717, 1.165) is 12.2 Å². The Labute approximate surface area is 127 Å². The number of nitrogens with one attached hydrogen (secondary N) is 1. The Morgan fingerprint density at radius 3 is 2.80 bits per heavy atom. The highest BCUT2D eigenvalue weighted by molar-refractivity contribution is 6.36. The number of hydrogen-bond donors (Lipinski definition) is 1. The number of hydrogen-bond acceptors (Lipinski definition) is 2. The maximum absolute atomic E-state index is 13.5. The quantitative estimate of drug-likeness (QED) is 0.851. The van der Waals surface area contributed by atoms with Crippen LogP contribution in [-0.4, -0.2) is 16.1 Å². The van der Waals surface area contributed by atoms with Crippen LogP contribution in [0.25, 0.3) is 0 Å². The molecule has 0 aliphatic carbocycles. The van der Waals surface area contributed by atoms with E-state index in [1.54, 1.807) is 6.20 Å². The largest absolute Gasteiger partial charge is 0.338 e. The first-order valence-electron chi connectivity index (χ1n) is 6.33. The third-order valence-electron chi connectivity index (χ3n) is 3.23. The van der Waals surface area contributed by atoms with Crippen molar-refractivity contribution in [3.8, 4) is 0 Å². The molecule has 1 N–H and O–H groups in total. The number of rotatable bonds is 5. The Balaban J connectivity index is 2.00. The van der Waals surface area contributed by atoms with Gasteiger partial charge in [-0.25, -0.2) is 9.37 Å². The molecule has 20 heavy (non-hydrogen) atoms. The van der Waals surface area contributed by atoms with Crippen molar-refractivity contribution in [1.82, 2.24) is 14.9 Å². The second-order valence-electron chi connectivity index (χ2n) is 4.64. The zero-order valence-electron chi connectivity index (χ0n) is 11.3. The first kappa shape index (κ1) is 15.3. The van der Waals surface area contributed by atoms with E-state index in [1.807, 2.05) is 24.7 Å². The summed E-state index contributed by atoms with van der Waals surface area (Å²) in [6.45, 7) is 2.61. The van der Waals surface area contributed by atoms with E-state index in [-0.39, 0.29) is 11.1 Å². The van der Waals surface area contributed by atoms with Crippen LogP contribution in [0.1, 0.15) is 24.4 Å². The molecule has 1 atom stereocenters. The van der Waals surface area contributed by atoms with E-state index in [9.17, 15) is 4.39 Å². The van der Waals surface area contributed by atoms with Crippen molar-refractivity contribution in [3.63, 3.8) is 0 Å². The van der Waals surface area contributed by atoms with Crippen LogP contribution < -0.4 is 5.32 Å². The Bertz CT molecular complexity index is 598. The summed E-state index contributed by atoms with van der Waals surface area (Å²) in [5, 5.41) is 3.83. The molecule has 3 nitrogen and oxygen atoms in total. The van der Waals surface area contributed by atoms with Gasteiger partial charge < -0.3 is 9.88 Å². The van der Waals surface area contributed by atoms with Gasteiger partial charge in [0.15, 0.2) is 0 Å². The van der Waals surface area contributed by atoms with Gasteiger partial charge in [-0.1, -0.05) is 23.2 Å². The molecule has 0 amide bonds. The minimum atomic E-state index is -0.455. The molecule has 1 unspecified atom stereocenters. The second kappa shape index (κ2) is 6.57. The van der Waals surface area contributed by atoms with Gasteiger partial charge in [0.25, 0.3) is 0 Å². The van der Waals surface area contributed by atoms with Crippen molar-refractivity contribution in [1.29, 1.82) is 0 Å². The molecule has 2 aromatic rings. The molecule has 0 spiro atoms. The number of aromatic nitrogens is 2. The minimum Gasteiger partial charge on any atom is -0.338 e. The first-order chi connectivity index (χ1) is 9.50. The average molecular weight is 316 g/mol. The Kier molecular flexibility index (Phi) is 5.02. The first-order valence-corrected chi connectivity index (χ1v) is 7.09. The average Bonchev–Trinajstić information content (AvgIpc) is 2.80. The highest BCUT2D eigenvalue weighted by atomic mass is 35.5. The van der Waals surface area contributed by atoms with Crippen LogP contribution in [0.15, 0.2) is 24.5 Å². The maximum Gasteiger partial charge on any atom is 0.142 e. The van der Waals surface area contributed by atoms with Gasteiger partial charge in [0.05, 0.1) is 5.02 Å². The minimum absolute atomic E-state index is 0.0782. The number of imidazole rings is 1. The maximum atomic E-state index is 13.5. The van der Waals surface area contributed by atoms with Gasteiger partial charge in [0.2, 0.25) is 0 Å². The number of aryl methyl sites for hydroxylation is 1. The molecule has 2 rings (SSSR count). The highest BCUT2D eigenvalue weighted by Crippen LogP contribution is 2.32. The summed E-state index contributed by atoms with van der Waals surface area (Å²) in [4.78, 5) is 4.25. The number of nitrogens with zero attached hydrogens (tertiary/aromatic N) is 2. The van der Waals surface area contributed by atoms with Crippen molar-refractivity contribution < 1.29 is 4.39 Å². The molecule has 0 saturated carbocycles. The van der Waals surface area contributed by atoms with Gasteiger partial charge in [-0.05, 0) is 19.1 Å². The molecule has 1 aromatic heterocycles. The smallest absolute Gasteiger partial charge is 0.142 e. The zero-order chi connectivity index (χ0) is 14.7. The second-order valence-corrected chi connectivity index (χ2v) is 5.42. The van der Waals surface area contributed by atoms with Crippen LogP contribution >= 0.6 is 23.2 Å². The number of benzene rings is 1. The molecule has 0 aliphatic heterocycles. The lowest BCUT2D eigenvalue weighted by Crippen LogP contribution is -2.23. The van der Waals surface area contributed by atoms with Crippen LogP contribution in [0.4, 0.5) is 4.39 Å². The summed E-state index contributed by atoms with van der Waals surface area (Å²) in [6, 6.07) is 2.66. The summed E-state index contributed by atoms with van der Waals surface area (Å²) in [7, 11) is 1.95. The van der Waals surface area contributed by atoms with Crippen LogP contribution in [-0.2, 0) is 13.5 Å². The molecular formula is C14H16Cl2FN3. The van der Waals surface area contributed by atoms with Crippen molar-refractivity contribution >= 4 is 23.2 Å². The van der Waals surface area contributed by atoms with E-state index in [0.29, 0.717) is 17.1 Å². The van der Waals surface area contributed by atoms with Crippen LogP contribution in [0.3, 0.4) is 0 Å². The Hall–Kier alpha value is -1.10. The lowest BCUT2D eigenvalue weighted by molar-refractivity contribution is 0.558. The normalized spacial score (nSPS) is 12.7. The van der Waals surface area contributed by atoms with Gasteiger partial charge >= 0.3 is 0 Å². The molecule has 0 aliphatic rings. The van der Waals surface area contributed by atoms with E-state index < -0.39 is 5.82 Å². The van der Waals surface area contributed by atoms with Crippen LogP contribution in [0, 0.1) is 5.82 Å². The van der Waals surface area contributed by atoms with Crippen molar-refractivity contribution in [2.75, 3.05) is 6.54 Å². The van der Waals surface area contributed by atoms with Crippen molar-refractivity contribution in [2.45, 2.75) is 19.4 Å².